The second-order valence-corrected chi connectivity index (χ2v) is 5.32. The molecule has 0 aliphatic heterocycles. The summed E-state index contributed by atoms with van der Waals surface area (Å²) >= 11 is 0. The number of ketones is 1. The van der Waals surface area contributed by atoms with Crippen LogP contribution in [-0.4, -0.2) is 5.78 Å². The number of hydrogen-bond acceptors (Lipinski definition) is 1. The first-order chi connectivity index (χ1) is 9.60. The average Bonchev–Trinajstić information content (AvgIpc) is 2.42. The molecule has 0 N–H and O–H groups in total. The standard InChI is InChI=1S/C17H24F2O/c1-3-5-7-9-13(8-6-4-2)17(20)15-11-10-14(18)12-16(15)19/h10-13H,3-9H2,1-2H3. The van der Waals surface area contributed by atoms with E-state index in [4.69, 9.17) is 0 Å². The smallest absolute Gasteiger partial charge is 0.168 e. The zero-order chi connectivity index (χ0) is 15.0. The molecule has 1 unspecified atom stereocenters. The number of carbonyl (C=O) groups excluding carboxylic acids is 1. The summed E-state index contributed by atoms with van der Waals surface area (Å²) in [6, 6.07) is 3.21. The molecule has 1 aromatic carbocycles. The van der Waals surface area contributed by atoms with Crippen molar-refractivity contribution in [1.82, 2.24) is 0 Å². The van der Waals surface area contributed by atoms with Gasteiger partial charge in [-0.2, -0.15) is 0 Å². The van der Waals surface area contributed by atoms with Crippen LogP contribution in [0.4, 0.5) is 8.78 Å². The van der Waals surface area contributed by atoms with Crippen molar-refractivity contribution in [3.8, 4) is 0 Å². The van der Waals surface area contributed by atoms with Crippen LogP contribution in [0.3, 0.4) is 0 Å². The molecule has 20 heavy (non-hydrogen) atoms. The van der Waals surface area contributed by atoms with E-state index in [0.29, 0.717) is 0 Å². The van der Waals surface area contributed by atoms with Crippen LogP contribution in [0.2, 0.25) is 0 Å². The van der Waals surface area contributed by atoms with Crippen LogP contribution in [0.25, 0.3) is 0 Å². The molecule has 0 radical (unpaired) electrons. The summed E-state index contributed by atoms with van der Waals surface area (Å²) in [6.07, 6.45) is 6.73. The van der Waals surface area contributed by atoms with E-state index in [-0.39, 0.29) is 17.3 Å². The topological polar surface area (TPSA) is 17.1 Å². The minimum absolute atomic E-state index is 0.0315. The molecule has 0 heterocycles. The van der Waals surface area contributed by atoms with E-state index in [1.165, 1.54) is 6.07 Å². The molecule has 0 aromatic heterocycles. The van der Waals surface area contributed by atoms with Crippen molar-refractivity contribution < 1.29 is 13.6 Å². The summed E-state index contributed by atoms with van der Waals surface area (Å²) in [5, 5.41) is 0. The van der Waals surface area contributed by atoms with E-state index >= 15 is 0 Å². The third-order valence-electron chi connectivity index (χ3n) is 3.63. The van der Waals surface area contributed by atoms with E-state index in [0.717, 1.165) is 57.1 Å². The van der Waals surface area contributed by atoms with Gasteiger partial charge < -0.3 is 0 Å². The van der Waals surface area contributed by atoms with Crippen molar-refractivity contribution in [2.45, 2.75) is 58.8 Å². The van der Waals surface area contributed by atoms with Crippen LogP contribution < -0.4 is 0 Å². The molecule has 0 aliphatic rings. The summed E-state index contributed by atoms with van der Waals surface area (Å²) in [4.78, 5) is 12.4. The fourth-order valence-corrected chi connectivity index (χ4v) is 2.41. The van der Waals surface area contributed by atoms with Crippen LogP contribution >= 0.6 is 0 Å². The minimum Gasteiger partial charge on any atom is -0.294 e. The number of unbranched alkanes of at least 4 members (excludes halogenated alkanes) is 3. The quantitative estimate of drug-likeness (QED) is 0.429. The Bertz CT molecular complexity index is 429. The largest absolute Gasteiger partial charge is 0.294 e. The van der Waals surface area contributed by atoms with Crippen LogP contribution in [0.5, 0.6) is 0 Å². The SMILES string of the molecule is CCCCCC(CCCC)C(=O)c1ccc(F)cc1F. The van der Waals surface area contributed by atoms with E-state index in [2.05, 4.69) is 13.8 Å². The van der Waals surface area contributed by atoms with Gasteiger partial charge in [-0.3, -0.25) is 4.79 Å². The summed E-state index contributed by atoms with van der Waals surface area (Å²) in [6.45, 7) is 4.19. The van der Waals surface area contributed by atoms with Gasteiger partial charge in [0.25, 0.3) is 0 Å². The molecule has 0 fully saturated rings. The number of Topliss-reactive ketones (excluding diaryl/α,β-unsaturated/α-hetero) is 1. The molecular formula is C17H24F2O. The first-order valence-electron chi connectivity index (χ1n) is 7.59. The number of rotatable bonds is 9. The fraction of sp³-hybridized carbons (Fsp3) is 0.588. The van der Waals surface area contributed by atoms with Gasteiger partial charge in [0.05, 0.1) is 5.56 Å². The maximum Gasteiger partial charge on any atom is 0.168 e. The molecule has 1 aromatic rings. The average molecular weight is 282 g/mol. The molecular weight excluding hydrogens is 258 g/mol. The lowest BCUT2D eigenvalue weighted by molar-refractivity contribution is 0.0898. The van der Waals surface area contributed by atoms with Gasteiger partial charge in [-0.25, -0.2) is 8.78 Å². The monoisotopic (exact) mass is 282 g/mol. The molecule has 112 valence electrons. The fourth-order valence-electron chi connectivity index (χ4n) is 2.41. The maximum atomic E-state index is 13.7. The molecule has 3 heteroatoms. The van der Waals surface area contributed by atoms with Gasteiger partial charge in [0.1, 0.15) is 11.6 Å². The lowest BCUT2D eigenvalue weighted by Gasteiger charge is -2.16. The Hall–Kier alpha value is -1.25. The van der Waals surface area contributed by atoms with Gasteiger partial charge in [0, 0.05) is 12.0 Å². The lowest BCUT2D eigenvalue weighted by Crippen LogP contribution is -2.16. The predicted octanol–water partition coefficient (Wildman–Crippen LogP) is 5.53. The summed E-state index contributed by atoms with van der Waals surface area (Å²) in [5.74, 6) is -1.70. The van der Waals surface area contributed by atoms with Crippen LogP contribution in [0.15, 0.2) is 18.2 Å². The molecule has 0 saturated carbocycles. The Morgan fingerprint density at radius 1 is 1.05 bits per heavy atom. The highest BCUT2D eigenvalue weighted by Crippen LogP contribution is 2.23. The van der Waals surface area contributed by atoms with Crippen molar-refractivity contribution in [2.75, 3.05) is 0 Å². The molecule has 1 nitrogen and oxygen atoms in total. The van der Waals surface area contributed by atoms with Crippen LogP contribution in [-0.2, 0) is 0 Å². The Kier molecular flexibility index (Phi) is 7.42. The maximum absolute atomic E-state index is 13.7. The van der Waals surface area contributed by atoms with Gasteiger partial charge >= 0.3 is 0 Å². The third kappa shape index (κ3) is 5.03. The highest BCUT2D eigenvalue weighted by atomic mass is 19.1. The normalized spacial score (nSPS) is 12.4. The molecule has 1 atom stereocenters. The number of benzene rings is 1. The van der Waals surface area contributed by atoms with Crippen molar-refractivity contribution >= 4 is 5.78 Å². The van der Waals surface area contributed by atoms with E-state index in [9.17, 15) is 13.6 Å². The van der Waals surface area contributed by atoms with E-state index < -0.39 is 11.6 Å². The van der Waals surface area contributed by atoms with Crippen LogP contribution in [0, 0.1) is 17.6 Å². The van der Waals surface area contributed by atoms with Crippen LogP contribution in [0.1, 0.15) is 69.2 Å². The molecule has 0 bridgehead atoms. The molecule has 1 rings (SSSR count). The zero-order valence-electron chi connectivity index (χ0n) is 12.4. The Morgan fingerprint density at radius 2 is 1.70 bits per heavy atom. The molecule has 0 saturated heterocycles. The highest BCUT2D eigenvalue weighted by Gasteiger charge is 2.22. The second kappa shape index (κ2) is 8.83. The first kappa shape index (κ1) is 16.8. The highest BCUT2D eigenvalue weighted by molar-refractivity contribution is 5.98. The number of halogens is 2. The summed E-state index contributed by atoms with van der Waals surface area (Å²) in [7, 11) is 0. The molecule has 0 amide bonds. The zero-order valence-corrected chi connectivity index (χ0v) is 12.4. The van der Waals surface area contributed by atoms with Crippen molar-refractivity contribution in [3.63, 3.8) is 0 Å². The second-order valence-electron chi connectivity index (χ2n) is 5.32. The van der Waals surface area contributed by atoms with E-state index in [1.807, 2.05) is 0 Å². The van der Waals surface area contributed by atoms with Gasteiger partial charge in [-0.1, -0.05) is 46.0 Å². The lowest BCUT2D eigenvalue weighted by atomic mass is 9.88. The molecule has 0 spiro atoms. The summed E-state index contributed by atoms with van der Waals surface area (Å²) < 4.78 is 26.6. The number of hydrogen-bond donors (Lipinski definition) is 0. The Balaban J connectivity index is 2.79. The van der Waals surface area contributed by atoms with Crippen molar-refractivity contribution in [2.24, 2.45) is 5.92 Å². The third-order valence-corrected chi connectivity index (χ3v) is 3.63. The predicted molar refractivity (Wildman–Crippen MR) is 77.8 cm³/mol. The first-order valence-corrected chi connectivity index (χ1v) is 7.59. The number of carbonyl (C=O) groups is 1. The minimum atomic E-state index is -0.744. The van der Waals surface area contributed by atoms with E-state index in [1.54, 1.807) is 0 Å². The Labute approximate surface area is 120 Å². The van der Waals surface area contributed by atoms with Crippen molar-refractivity contribution in [3.05, 3.63) is 35.4 Å². The van der Waals surface area contributed by atoms with Gasteiger partial charge in [-0.15, -0.1) is 0 Å². The summed E-state index contributed by atoms with van der Waals surface area (Å²) in [5.41, 5.74) is 0.0315. The molecule has 0 aliphatic carbocycles. The van der Waals surface area contributed by atoms with Crippen molar-refractivity contribution in [1.29, 1.82) is 0 Å². The Morgan fingerprint density at radius 3 is 2.30 bits per heavy atom. The van der Waals surface area contributed by atoms with Gasteiger partial charge in [-0.05, 0) is 25.0 Å². The van der Waals surface area contributed by atoms with Gasteiger partial charge in [0.15, 0.2) is 5.78 Å². The van der Waals surface area contributed by atoms with Gasteiger partial charge in [0.2, 0.25) is 0 Å².